The lowest BCUT2D eigenvalue weighted by molar-refractivity contribution is 1.17. The predicted molar refractivity (Wildman–Crippen MR) is 146 cm³/mol. The number of hydrogen-bond acceptors (Lipinski definition) is 3. The van der Waals surface area contributed by atoms with Gasteiger partial charge in [-0.1, -0.05) is 54.6 Å². The van der Waals surface area contributed by atoms with Crippen LogP contribution >= 0.6 is 0 Å². The standard InChI is InChI=1S/C31H15N3O2/c35-30-21-15-20-22(31(36)34-25-12-4-8-17-6-2-10-23(28(17)25)32-29(20)34)14-19(21)26-13-18-9-1-5-16-7-3-11-24(27(16)18)33(26)30/h1-15H. The molecule has 5 nitrogen and oxygen atoms in total. The fourth-order valence-electron chi connectivity index (χ4n) is 6.25. The van der Waals surface area contributed by atoms with E-state index in [1.165, 1.54) is 0 Å². The number of aromatic nitrogens is 3. The number of pyridine rings is 1. The molecule has 0 unspecified atom stereocenters. The molecule has 0 saturated heterocycles. The third kappa shape index (κ3) is 1.98. The Morgan fingerprint density at radius 1 is 0.500 bits per heavy atom. The van der Waals surface area contributed by atoms with Crippen LogP contribution < -0.4 is 11.1 Å². The largest absolute Gasteiger partial charge is 0.276 e. The van der Waals surface area contributed by atoms with Gasteiger partial charge in [0, 0.05) is 21.5 Å². The second-order valence-corrected chi connectivity index (χ2v) is 9.56. The van der Waals surface area contributed by atoms with Crippen LogP contribution in [0.4, 0.5) is 0 Å². The summed E-state index contributed by atoms with van der Waals surface area (Å²) in [6.07, 6.45) is 0. The smallest absolute Gasteiger partial charge is 0.264 e. The third-order valence-corrected chi connectivity index (χ3v) is 7.77. The molecule has 166 valence electrons. The van der Waals surface area contributed by atoms with E-state index in [-0.39, 0.29) is 11.1 Å². The average molecular weight is 461 g/mol. The van der Waals surface area contributed by atoms with Crippen molar-refractivity contribution in [3.05, 3.63) is 112 Å². The molecule has 0 aliphatic heterocycles. The number of benzene rings is 5. The molecule has 0 aliphatic carbocycles. The fourth-order valence-corrected chi connectivity index (χ4v) is 6.25. The molecule has 0 atom stereocenters. The first-order valence-electron chi connectivity index (χ1n) is 11.9. The van der Waals surface area contributed by atoms with Gasteiger partial charge in [0.05, 0.1) is 32.8 Å². The maximum atomic E-state index is 13.8. The van der Waals surface area contributed by atoms with Gasteiger partial charge in [0.15, 0.2) is 0 Å². The lowest BCUT2D eigenvalue weighted by atomic mass is 10.0. The third-order valence-electron chi connectivity index (χ3n) is 7.77. The average Bonchev–Trinajstić information content (AvgIpc) is 3.34. The molecule has 36 heavy (non-hydrogen) atoms. The molecule has 0 N–H and O–H groups in total. The number of fused-ring (bicyclic) bond motifs is 8. The van der Waals surface area contributed by atoms with Gasteiger partial charge in [0.2, 0.25) is 0 Å². The SMILES string of the molecule is O=c1c2cc3c(cc2c2cc4cccc5cccc(c54)n12)c(=O)n1c2cccc4cccc(nc31)c42. The number of rotatable bonds is 0. The van der Waals surface area contributed by atoms with Crippen LogP contribution in [0, 0.1) is 0 Å². The second-order valence-electron chi connectivity index (χ2n) is 9.56. The van der Waals surface area contributed by atoms with Crippen molar-refractivity contribution in [3.8, 4) is 0 Å². The van der Waals surface area contributed by atoms with Gasteiger partial charge in [-0.2, -0.15) is 0 Å². The zero-order valence-electron chi connectivity index (χ0n) is 18.8. The molecule has 0 radical (unpaired) electrons. The van der Waals surface area contributed by atoms with Gasteiger partial charge < -0.3 is 0 Å². The summed E-state index contributed by atoms with van der Waals surface area (Å²) in [4.78, 5) is 32.5. The molecule has 0 aliphatic rings. The predicted octanol–water partition coefficient (Wildman–Crippen LogP) is 6.10. The van der Waals surface area contributed by atoms with Gasteiger partial charge >= 0.3 is 0 Å². The van der Waals surface area contributed by atoms with Crippen LogP contribution in [0.1, 0.15) is 0 Å². The van der Waals surface area contributed by atoms with Crippen molar-refractivity contribution >= 4 is 76.2 Å². The molecule has 9 rings (SSSR count). The Morgan fingerprint density at radius 2 is 1.08 bits per heavy atom. The Bertz CT molecular complexity index is 2330. The molecule has 0 bridgehead atoms. The van der Waals surface area contributed by atoms with Gasteiger partial charge in [0.25, 0.3) is 11.1 Å². The van der Waals surface area contributed by atoms with Gasteiger partial charge in [0.1, 0.15) is 5.65 Å². The van der Waals surface area contributed by atoms with Crippen molar-refractivity contribution < 1.29 is 0 Å². The lowest BCUT2D eigenvalue weighted by Crippen LogP contribution is -2.08. The molecule has 4 heterocycles. The highest BCUT2D eigenvalue weighted by atomic mass is 16.1. The van der Waals surface area contributed by atoms with E-state index < -0.39 is 0 Å². The van der Waals surface area contributed by atoms with Crippen LogP contribution in [0.15, 0.2) is 101 Å². The molecule has 0 fully saturated rings. The quantitative estimate of drug-likeness (QED) is 0.274. The van der Waals surface area contributed by atoms with Crippen LogP contribution in [0.3, 0.4) is 0 Å². The maximum absolute atomic E-state index is 13.8. The van der Waals surface area contributed by atoms with Crippen LogP contribution in [-0.4, -0.2) is 13.8 Å². The van der Waals surface area contributed by atoms with Crippen LogP contribution in [-0.2, 0) is 0 Å². The van der Waals surface area contributed by atoms with E-state index in [9.17, 15) is 9.59 Å². The van der Waals surface area contributed by atoms with Crippen molar-refractivity contribution in [2.75, 3.05) is 0 Å². The monoisotopic (exact) mass is 461 g/mol. The topological polar surface area (TPSA) is 55.8 Å². The van der Waals surface area contributed by atoms with Crippen LogP contribution in [0.25, 0.3) is 76.2 Å². The number of hydrogen-bond donors (Lipinski definition) is 0. The van der Waals surface area contributed by atoms with Crippen LogP contribution in [0.5, 0.6) is 0 Å². The van der Waals surface area contributed by atoms with Gasteiger partial charge in [-0.3, -0.25) is 18.4 Å². The molecule has 5 heteroatoms. The summed E-state index contributed by atoms with van der Waals surface area (Å²) < 4.78 is 3.48. The van der Waals surface area contributed by atoms with E-state index in [4.69, 9.17) is 4.98 Å². The molecule has 9 aromatic rings. The lowest BCUT2D eigenvalue weighted by Gasteiger charge is -2.08. The summed E-state index contributed by atoms with van der Waals surface area (Å²) in [5, 5.41) is 7.92. The fraction of sp³-hybridized carbons (Fsp3) is 0. The van der Waals surface area contributed by atoms with Gasteiger partial charge in [-0.25, -0.2) is 4.98 Å². The Balaban J connectivity index is 1.54. The Kier molecular flexibility index (Phi) is 3.03. The highest BCUT2D eigenvalue weighted by Gasteiger charge is 2.20. The van der Waals surface area contributed by atoms with Crippen molar-refractivity contribution in [1.82, 2.24) is 13.8 Å². The summed E-state index contributed by atoms with van der Waals surface area (Å²) in [5.74, 6) is 0. The first kappa shape index (κ1) is 18.3. The van der Waals surface area contributed by atoms with Crippen molar-refractivity contribution in [3.63, 3.8) is 0 Å². The first-order chi connectivity index (χ1) is 17.7. The Hall–Kier alpha value is -5.03. The molecule has 0 spiro atoms. The second kappa shape index (κ2) is 5.96. The molecule has 0 saturated carbocycles. The molecular weight excluding hydrogens is 446 g/mol. The van der Waals surface area contributed by atoms with Gasteiger partial charge in [-0.15, -0.1) is 0 Å². The van der Waals surface area contributed by atoms with Crippen molar-refractivity contribution in [1.29, 1.82) is 0 Å². The summed E-state index contributed by atoms with van der Waals surface area (Å²) in [6.45, 7) is 0. The minimum absolute atomic E-state index is 0.0779. The van der Waals surface area contributed by atoms with E-state index in [1.54, 1.807) is 8.80 Å². The number of nitrogens with zero attached hydrogens (tertiary/aromatic N) is 3. The Labute approximate surface area is 201 Å². The molecule has 5 aromatic carbocycles. The summed E-state index contributed by atoms with van der Waals surface area (Å²) in [7, 11) is 0. The normalized spacial score (nSPS) is 12.7. The highest BCUT2D eigenvalue weighted by Crippen LogP contribution is 2.34. The summed E-state index contributed by atoms with van der Waals surface area (Å²) >= 11 is 0. The van der Waals surface area contributed by atoms with Crippen molar-refractivity contribution in [2.24, 2.45) is 0 Å². The van der Waals surface area contributed by atoms with E-state index in [0.717, 1.165) is 54.4 Å². The summed E-state index contributed by atoms with van der Waals surface area (Å²) in [6, 6.07) is 30.0. The van der Waals surface area contributed by atoms with E-state index in [1.807, 2.05) is 66.7 Å². The molecule has 0 amide bonds. The Morgan fingerprint density at radius 3 is 1.89 bits per heavy atom. The molecular formula is C31H15N3O2. The van der Waals surface area contributed by atoms with E-state index in [2.05, 4.69) is 24.3 Å². The zero-order valence-corrected chi connectivity index (χ0v) is 18.8. The highest BCUT2D eigenvalue weighted by molar-refractivity contribution is 6.17. The van der Waals surface area contributed by atoms with Crippen LogP contribution in [0.2, 0.25) is 0 Å². The minimum atomic E-state index is -0.113. The minimum Gasteiger partial charge on any atom is -0.276 e. The summed E-state index contributed by atoms with van der Waals surface area (Å²) in [5.41, 5.74) is 3.76. The molecule has 4 aromatic heterocycles. The van der Waals surface area contributed by atoms with E-state index >= 15 is 0 Å². The first-order valence-corrected chi connectivity index (χ1v) is 11.9. The zero-order chi connectivity index (χ0) is 23.7. The van der Waals surface area contributed by atoms with Crippen molar-refractivity contribution in [2.45, 2.75) is 0 Å². The maximum Gasteiger partial charge on any atom is 0.264 e. The van der Waals surface area contributed by atoms with Gasteiger partial charge in [-0.05, 0) is 52.6 Å². The van der Waals surface area contributed by atoms with E-state index in [0.29, 0.717) is 21.8 Å².